The Morgan fingerprint density at radius 3 is 2.00 bits per heavy atom. The van der Waals surface area contributed by atoms with Gasteiger partial charge in [0.15, 0.2) is 0 Å². The number of hydrogen-bond acceptors (Lipinski definition) is 2. The summed E-state index contributed by atoms with van der Waals surface area (Å²) in [5.41, 5.74) is 1.19. The van der Waals surface area contributed by atoms with Crippen molar-refractivity contribution in [2.45, 2.75) is 20.8 Å². The SMILES string of the molecule is C=C(C)N1CCNCC1.CC. The number of rotatable bonds is 1. The molecule has 0 aliphatic carbocycles. The number of hydrogen-bond donors (Lipinski definition) is 1. The van der Waals surface area contributed by atoms with Crippen LogP contribution < -0.4 is 5.32 Å². The Balaban J connectivity index is 0.000000461. The highest BCUT2D eigenvalue weighted by atomic mass is 15.2. The van der Waals surface area contributed by atoms with Crippen LogP contribution >= 0.6 is 0 Å². The van der Waals surface area contributed by atoms with Gasteiger partial charge in [0.25, 0.3) is 0 Å². The molecule has 1 aliphatic rings. The molecule has 0 unspecified atom stereocenters. The Hall–Kier alpha value is -0.500. The van der Waals surface area contributed by atoms with E-state index >= 15 is 0 Å². The smallest absolute Gasteiger partial charge is 0.0300 e. The summed E-state index contributed by atoms with van der Waals surface area (Å²) in [6.07, 6.45) is 0. The summed E-state index contributed by atoms with van der Waals surface area (Å²) in [4.78, 5) is 2.30. The normalized spacial score (nSPS) is 16.8. The van der Waals surface area contributed by atoms with Gasteiger partial charge in [0.1, 0.15) is 0 Å². The Bertz CT molecular complexity index is 104. The Kier molecular flexibility index (Phi) is 5.94. The van der Waals surface area contributed by atoms with Gasteiger partial charge in [-0.05, 0) is 6.92 Å². The zero-order valence-corrected chi connectivity index (χ0v) is 7.98. The minimum Gasteiger partial charge on any atom is -0.373 e. The van der Waals surface area contributed by atoms with Gasteiger partial charge in [-0.3, -0.25) is 0 Å². The first-order valence-corrected chi connectivity index (χ1v) is 4.42. The topological polar surface area (TPSA) is 15.3 Å². The van der Waals surface area contributed by atoms with Crippen LogP contribution in [0.2, 0.25) is 0 Å². The largest absolute Gasteiger partial charge is 0.373 e. The van der Waals surface area contributed by atoms with Crippen molar-refractivity contribution in [3.05, 3.63) is 12.3 Å². The van der Waals surface area contributed by atoms with Crippen LogP contribution in [0.4, 0.5) is 0 Å². The molecule has 2 heteroatoms. The second-order valence-corrected chi connectivity index (χ2v) is 2.47. The third kappa shape index (κ3) is 4.04. The molecule has 0 aromatic carbocycles. The summed E-state index contributed by atoms with van der Waals surface area (Å²) >= 11 is 0. The summed E-state index contributed by atoms with van der Waals surface area (Å²) in [5, 5.41) is 3.29. The van der Waals surface area contributed by atoms with Gasteiger partial charge >= 0.3 is 0 Å². The molecule has 0 radical (unpaired) electrons. The molecule has 1 saturated heterocycles. The van der Waals surface area contributed by atoms with E-state index in [0.29, 0.717) is 0 Å². The molecule has 0 aromatic heterocycles. The molecule has 0 atom stereocenters. The maximum Gasteiger partial charge on any atom is 0.0300 e. The fourth-order valence-corrected chi connectivity index (χ4v) is 1.05. The summed E-state index contributed by atoms with van der Waals surface area (Å²) in [5.74, 6) is 0. The molecule has 0 aromatic rings. The standard InChI is InChI=1S/C7H14N2.C2H6/c1-7(2)9-5-3-8-4-6-9;1-2/h8H,1,3-6H2,2H3;1-2H3. The lowest BCUT2D eigenvalue weighted by molar-refractivity contribution is 0.301. The van der Waals surface area contributed by atoms with Crippen molar-refractivity contribution in [3.8, 4) is 0 Å². The molecule has 0 spiro atoms. The number of piperazine rings is 1. The molecule has 0 bridgehead atoms. The highest BCUT2D eigenvalue weighted by molar-refractivity contribution is 4.90. The third-order valence-electron chi connectivity index (χ3n) is 1.66. The predicted molar refractivity (Wildman–Crippen MR) is 50.6 cm³/mol. The molecule has 1 fully saturated rings. The zero-order chi connectivity index (χ0) is 8.69. The summed E-state index contributed by atoms with van der Waals surface area (Å²) in [7, 11) is 0. The van der Waals surface area contributed by atoms with Crippen LogP contribution in [0.3, 0.4) is 0 Å². The van der Waals surface area contributed by atoms with Gasteiger partial charge in [-0.25, -0.2) is 0 Å². The van der Waals surface area contributed by atoms with E-state index in [2.05, 4.69) is 23.7 Å². The van der Waals surface area contributed by atoms with Crippen molar-refractivity contribution in [2.24, 2.45) is 0 Å². The Morgan fingerprint density at radius 2 is 1.73 bits per heavy atom. The summed E-state index contributed by atoms with van der Waals surface area (Å²) < 4.78 is 0. The van der Waals surface area contributed by atoms with Crippen molar-refractivity contribution in [3.63, 3.8) is 0 Å². The van der Waals surface area contributed by atoms with Crippen LogP contribution in [0.15, 0.2) is 12.3 Å². The molecule has 1 N–H and O–H groups in total. The van der Waals surface area contributed by atoms with Crippen LogP contribution in [-0.2, 0) is 0 Å². The third-order valence-corrected chi connectivity index (χ3v) is 1.66. The van der Waals surface area contributed by atoms with Crippen LogP contribution in [0.5, 0.6) is 0 Å². The van der Waals surface area contributed by atoms with Gasteiger partial charge in [0.2, 0.25) is 0 Å². The monoisotopic (exact) mass is 156 g/mol. The lowest BCUT2D eigenvalue weighted by Crippen LogP contribution is -2.42. The van der Waals surface area contributed by atoms with Gasteiger partial charge in [0.05, 0.1) is 0 Å². The average molecular weight is 156 g/mol. The van der Waals surface area contributed by atoms with Gasteiger partial charge in [-0.15, -0.1) is 0 Å². The van der Waals surface area contributed by atoms with Gasteiger partial charge in [0, 0.05) is 31.9 Å². The van der Waals surface area contributed by atoms with Gasteiger partial charge < -0.3 is 10.2 Å². The fraction of sp³-hybridized carbons (Fsp3) is 0.778. The predicted octanol–water partition coefficient (Wildman–Crippen LogP) is 1.45. The van der Waals surface area contributed by atoms with Gasteiger partial charge in [-0.1, -0.05) is 20.4 Å². The molecule has 1 aliphatic heterocycles. The highest BCUT2D eigenvalue weighted by Crippen LogP contribution is 1.99. The first kappa shape index (κ1) is 10.5. The maximum atomic E-state index is 3.88. The Labute approximate surface area is 70.3 Å². The van der Waals surface area contributed by atoms with E-state index in [1.807, 2.05) is 13.8 Å². The number of allylic oxidation sites excluding steroid dienone is 1. The van der Waals surface area contributed by atoms with Crippen LogP contribution in [-0.4, -0.2) is 31.1 Å². The van der Waals surface area contributed by atoms with Crippen LogP contribution in [0.25, 0.3) is 0 Å². The van der Waals surface area contributed by atoms with Crippen LogP contribution in [0, 0.1) is 0 Å². The first-order chi connectivity index (χ1) is 5.30. The van der Waals surface area contributed by atoms with E-state index in [-0.39, 0.29) is 0 Å². The minimum atomic E-state index is 1.10. The highest BCUT2D eigenvalue weighted by Gasteiger charge is 2.06. The summed E-state index contributed by atoms with van der Waals surface area (Å²) in [6.45, 7) is 14.4. The number of nitrogens with zero attached hydrogens (tertiary/aromatic N) is 1. The van der Waals surface area contributed by atoms with E-state index in [1.165, 1.54) is 5.70 Å². The van der Waals surface area contributed by atoms with Crippen molar-refractivity contribution in [1.82, 2.24) is 10.2 Å². The van der Waals surface area contributed by atoms with Crippen molar-refractivity contribution < 1.29 is 0 Å². The van der Waals surface area contributed by atoms with Crippen molar-refractivity contribution in [1.29, 1.82) is 0 Å². The van der Waals surface area contributed by atoms with E-state index in [0.717, 1.165) is 26.2 Å². The van der Waals surface area contributed by atoms with E-state index in [4.69, 9.17) is 0 Å². The second kappa shape index (κ2) is 6.23. The van der Waals surface area contributed by atoms with Crippen molar-refractivity contribution >= 4 is 0 Å². The van der Waals surface area contributed by atoms with E-state index < -0.39 is 0 Å². The molecule has 2 nitrogen and oxygen atoms in total. The lowest BCUT2D eigenvalue weighted by atomic mass is 10.3. The quantitative estimate of drug-likeness (QED) is 0.618. The molecule has 66 valence electrons. The Morgan fingerprint density at radius 1 is 1.27 bits per heavy atom. The molecular formula is C9H20N2. The molecule has 1 rings (SSSR count). The first-order valence-electron chi connectivity index (χ1n) is 4.42. The van der Waals surface area contributed by atoms with Crippen LogP contribution in [0.1, 0.15) is 20.8 Å². The molecule has 0 saturated carbocycles. The molecule has 0 amide bonds. The zero-order valence-electron chi connectivity index (χ0n) is 7.98. The maximum absolute atomic E-state index is 3.88. The molecule has 1 heterocycles. The van der Waals surface area contributed by atoms with Gasteiger partial charge in [-0.2, -0.15) is 0 Å². The van der Waals surface area contributed by atoms with E-state index in [9.17, 15) is 0 Å². The molecular weight excluding hydrogens is 136 g/mol. The number of nitrogens with one attached hydrogen (secondary N) is 1. The summed E-state index contributed by atoms with van der Waals surface area (Å²) in [6, 6.07) is 0. The minimum absolute atomic E-state index is 1.10. The van der Waals surface area contributed by atoms with E-state index in [1.54, 1.807) is 0 Å². The second-order valence-electron chi connectivity index (χ2n) is 2.47. The molecule has 11 heavy (non-hydrogen) atoms. The van der Waals surface area contributed by atoms with Crippen molar-refractivity contribution in [2.75, 3.05) is 26.2 Å². The lowest BCUT2D eigenvalue weighted by Gasteiger charge is -2.29. The fourth-order valence-electron chi connectivity index (χ4n) is 1.05. The average Bonchev–Trinajstić information content (AvgIpc) is 2.10.